The third-order valence-electron chi connectivity index (χ3n) is 7.69. The number of anilines is 2. The summed E-state index contributed by atoms with van der Waals surface area (Å²) in [6.07, 6.45) is 4.88. The van der Waals surface area contributed by atoms with Crippen LogP contribution in [-0.4, -0.2) is 65.5 Å². The SMILES string of the molecule is N#Cc1ccnc(N2CCN(Cc3ccc(-n4c(-c5cccnc5N)nc5ccc(-c6ccc[nH]c6=O)nc54)cc3)CC2)n1. The minimum Gasteiger partial charge on any atom is -0.383 e. The first-order valence-corrected chi connectivity index (χ1v) is 14.2. The van der Waals surface area contributed by atoms with Crippen LogP contribution in [0, 0.1) is 11.3 Å². The molecule has 6 aromatic rings. The quantitative estimate of drug-likeness (QED) is 0.299. The highest BCUT2D eigenvalue weighted by molar-refractivity contribution is 5.84. The van der Waals surface area contributed by atoms with Gasteiger partial charge in [0.2, 0.25) is 5.95 Å². The molecule has 0 radical (unpaired) electrons. The van der Waals surface area contributed by atoms with E-state index < -0.39 is 0 Å². The zero-order chi connectivity index (χ0) is 30.0. The second kappa shape index (κ2) is 11.4. The summed E-state index contributed by atoms with van der Waals surface area (Å²) < 4.78 is 1.96. The molecule has 0 bridgehead atoms. The number of nitriles is 1. The maximum atomic E-state index is 12.5. The van der Waals surface area contributed by atoms with Crippen LogP contribution in [0.2, 0.25) is 0 Å². The van der Waals surface area contributed by atoms with Crippen molar-refractivity contribution in [3.63, 3.8) is 0 Å². The first-order valence-electron chi connectivity index (χ1n) is 14.2. The maximum absolute atomic E-state index is 12.5. The molecule has 0 spiro atoms. The Hall–Kier alpha value is -5.93. The van der Waals surface area contributed by atoms with E-state index in [2.05, 4.69) is 47.9 Å². The van der Waals surface area contributed by atoms with Gasteiger partial charge in [0, 0.05) is 57.0 Å². The normalized spacial score (nSPS) is 13.7. The van der Waals surface area contributed by atoms with Gasteiger partial charge in [-0.2, -0.15) is 5.26 Å². The van der Waals surface area contributed by atoms with E-state index in [1.807, 2.05) is 34.9 Å². The van der Waals surface area contributed by atoms with Gasteiger partial charge < -0.3 is 15.6 Å². The highest BCUT2D eigenvalue weighted by Gasteiger charge is 2.21. The Labute approximate surface area is 252 Å². The molecule has 5 aromatic heterocycles. The lowest BCUT2D eigenvalue weighted by molar-refractivity contribution is 0.248. The van der Waals surface area contributed by atoms with Gasteiger partial charge in [-0.3, -0.25) is 14.3 Å². The number of nitrogens with one attached hydrogen (secondary N) is 1. The number of nitrogens with zero attached hydrogens (tertiary/aromatic N) is 9. The second-order valence-corrected chi connectivity index (χ2v) is 10.4. The molecule has 0 saturated carbocycles. The fourth-order valence-electron chi connectivity index (χ4n) is 5.44. The number of aromatic amines is 1. The van der Waals surface area contributed by atoms with Crippen molar-refractivity contribution in [1.29, 1.82) is 5.26 Å². The second-order valence-electron chi connectivity index (χ2n) is 10.4. The third kappa shape index (κ3) is 5.12. The number of fused-ring (bicyclic) bond motifs is 1. The molecule has 1 saturated heterocycles. The Morgan fingerprint density at radius 2 is 1.68 bits per heavy atom. The minimum absolute atomic E-state index is 0.212. The monoisotopic (exact) mass is 581 g/mol. The van der Waals surface area contributed by atoms with Gasteiger partial charge in [-0.1, -0.05) is 12.1 Å². The summed E-state index contributed by atoms with van der Waals surface area (Å²) in [4.78, 5) is 42.5. The Balaban J connectivity index is 1.18. The third-order valence-corrected chi connectivity index (χ3v) is 7.69. The van der Waals surface area contributed by atoms with Crippen molar-refractivity contribution in [3.05, 3.63) is 107 Å². The Morgan fingerprint density at radius 1 is 0.864 bits per heavy atom. The molecule has 3 N–H and O–H groups in total. The van der Waals surface area contributed by atoms with E-state index in [1.54, 1.807) is 42.9 Å². The number of nitrogens with two attached hydrogens (primary N) is 1. The highest BCUT2D eigenvalue weighted by Crippen LogP contribution is 2.31. The molecule has 0 aliphatic carbocycles. The standard InChI is InChI=1S/C32H27N11O/c33-19-22-11-14-37-32(38-22)42-17-15-41(16-18-42)20-21-5-7-23(8-6-21)43-29(25-4-2-12-35-28(25)34)40-27-10-9-26(39-30(27)43)24-3-1-13-36-31(24)44/h1-14H,15-18,20H2,(H2,34,35)(H,36,44). The zero-order valence-corrected chi connectivity index (χ0v) is 23.6. The van der Waals surface area contributed by atoms with E-state index >= 15 is 0 Å². The number of aromatic nitrogens is 7. The topological polar surface area (TPSA) is 159 Å². The Morgan fingerprint density at radius 3 is 2.45 bits per heavy atom. The van der Waals surface area contributed by atoms with Crippen molar-refractivity contribution in [2.75, 3.05) is 36.8 Å². The summed E-state index contributed by atoms with van der Waals surface area (Å²) >= 11 is 0. The van der Waals surface area contributed by atoms with Crippen LogP contribution in [0.3, 0.4) is 0 Å². The lowest BCUT2D eigenvalue weighted by Crippen LogP contribution is -2.46. The molecule has 0 atom stereocenters. The maximum Gasteiger partial charge on any atom is 0.257 e. The van der Waals surface area contributed by atoms with Crippen LogP contribution < -0.4 is 16.2 Å². The highest BCUT2D eigenvalue weighted by atomic mass is 16.1. The molecule has 12 heteroatoms. The molecule has 0 unspecified atom stereocenters. The average molecular weight is 582 g/mol. The summed E-state index contributed by atoms with van der Waals surface area (Å²) in [5, 5.41) is 9.16. The average Bonchev–Trinajstić information content (AvgIpc) is 3.44. The molecule has 1 aromatic carbocycles. The van der Waals surface area contributed by atoms with Gasteiger partial charge >= 0.3 is 0 Å². The number of imidazole rings is 1. The molecule has 1 aliphatic rings. The fourth-order valence-corrected chi connectivity index (χ4v) is 5.44. The predicted octanol–water partition coefficient (Wildman–Crippen LogP) is 3.40. The number of pyridine rings is 3. The van der Waals surface area contributed by atoms with Crippen molar-refractivity contribution < 1.29 is 0 Å². The minimum atomic E-state index is -0.212. The largest absolute Gasteiger partial charge is 0.383 e. The molecular weight excluding hydrogens is 554 g/mol. The van der Waals surface area contributed by atoms with Gasteiger partial charge in [0.1, 0.15) is 23.1 Å². The fraction of sp³-hybridized carbons (Fsp3) is 0.156. The van der Waals surface area contributed by atoms with Crippen LogP contribution in [-0.2, 0) is 6.54 Å². The summed E-state index contributed by atoms with van der Waals surface area (Å²) in [6, 6.07) is 22.9. The number of H-pyrrole nitrogens is 1. The van der Waals surface area contributed by atoms with E-state index in [0.29, 0.717) is 51.3 Å². The molecule has 1 fully saturated rings. The van der Waals surface area contributed by atoms with Crippen molar-refractivity contribution >= 4 is 22.9 Å². The van der Waals surface area contributed by atoms with Crippen molar-refractivity contribution in [1.82, 2.24) is 39.4 Å². The number of hydrogen-bond donors (Lipinski definition) is 2. The van der Waals surface area contributed by atoms with Crippen LogP contribution in [0.5, 0.6) is 0 Å². The van der Waals surface area contributed by atoms with Gasteiger partial charge in [-0.25, -0.2) is 24.9 Å². The van der Waals surface area contributed by atoms with Crippen LogP contribution in [0.4, 0.5) is 11.8 Å². The number of hydrogen-bond acceptors (Lipinski definition) is 10. The zero-order valence-electron chi connectivity index (χ0n) is 23.6. The summed E-state index contributed by atoms with van der Waals surface area (Å²) in [6.45, 7) is 4.05. The van der Waals surface area contributed by atoms with E-state index in [-0.39, 0.29) is 5.56 Å². The number of rotatable bonds is 6. The smallest absolute Gasteiger partial charge is 0.257 e. The first-order chi connectivity index (χ1) is 21.6. The lowest BCUT2D eigenvalue weighted by atomic mass is 10.1. The Bertz CT molecular complexity index is 2070. The van der Waals surface area contributed by atoms with Crippen molar-refractivity contribution in [3.8, 4) is 34.4 Å². The van der Waals surface area contributed by atoms with Crippen LogP contribution in [0.15, 0.2) is 90.1 Å². The summed E-state index contributed by atoms with van der Waals surface area (Å²) in [7, 11) is 0. The van der Waals surface area contributed by atoms with Crippen molar-refractivity contribution in [2.45, 2.75) is 6.54 Å². The van der Waals surface area contributed by atoms with E-state index in [9.17, 15) is 4.79 Å². The van der Waals surface area contributed by atoms with Crippen LogP contribution in [0.25, 0.3) is 39.5 Å². The summed E-state index contributed by atoms with van der Waals surface area (Å²) in [5.74, 6) is 1.58. The molecular formula is C32H27N11O. The van der Waals surface area contributed by atoms with Gasteiger partial charge in [-0.15, -0.1) is 0 Å². The van der Waals surface area contributed by atoms with E-state index in [1.165, 1.54) is 5.56 Å². The van der Waals surface area contributed by atoms with E-state index in [4.69, 9.17) is 21.0 Å². The molecule has 1 aliphatic heterocycles. The van der Waals surface area contributed by atoms with E-state index in [0.717, 1.165) is 38.4 Å². The van der Waals surface area contributed by atoms with Gasteiger partial charge in [0.05, 0.1) is 16.8 Å². The van der Waals surface area contributed by atoms with Gasteiger partial charge in [0.15, 0.2) is 11.5 Å². The lowest BCUT2D eigenvalue weighted by Gasteiger charge is -2.34. The molecule has 216 valence electrons. The van der Waals surface area contributed by atoms with Gasteiger partial charge in [0.25, 0.3) is 5.56 Å². The molecule has 44 heavy (non-hydrogen) atoms. The molecule has 6 heterocycles. The number of nitrogen functional groups attached to an aromatic ring is 1. The number of piperazine rings is 1. The summed E-state index contributed by atoms with van der Waals surface area (Å²) in [5.41, 5.74) is 11.5. The van der Waals surface area contributed by atoms with Crippen LogP contribution >= 0.6 is 0 Å². The predicted molar refractivity (Wildman–Crippen MR) is 167 cm³/mol. The molecule has 7 rings (SSSR count). The molecule has 0 amide bonds. The molecule has 12 nitrogen and oxygen atoms in total. The number of benzene rings is 1. The Kier molecular flexibility index (Phi) is 6.97. The first kappa shape index (κ1) is 26.9. The van der Waals surface area contributed by atoms with Crippen molar-refractivity contribution in [2.24, 2.45) is 0 Å². The van der Waals surface area contributed by atoms with Gasteiger partial charge in [-0.05, 0) is 60.2 Å². The van der Waals surface area contributed by atoms with Crippen LogP contribution in [0.1, 0.15) is 11.3 Å².